The van der Waals surface area contributed by atoms with Crippen molar-refractivity contribution in [1.29, 1.82) is 0 Å². The summed E-state index contributed by atoms with van der Waals surface area (Å²) in [5.41, 5.74) is 1.79. The van der Waals surface area contributed by atoms with Crippen LogP contribution in [0.5, 0.6) is 0 Å². The minimum atomic E-state index is -0.942. The number of aliphatic hydroxyl groups excluding tert-OH is 1. The molecular weight excluding hydrogens is 305 g/mol. The molecule has 0 aromatic heterocycles. The molecule has 0 amide bonds. The molecule has 1 aliphatic rings. The van der Waals surface area contributed by atoms with Crippen LogP contribution < -0.4 is 10.6 Å². The Balaban J connectivity index is 1.85. The largest absolute Gasteiger partial charge is 0.386 e. The first-order chi connectivity index (χ1) is 11.7. The number of benzene rings is 1. The maximum atomic E-state index is 13.7. The molecule has 0 bridgehead atoms. The molecule has 24 heavy (non-hydrogen) atoms. The lowest BCUT2D eigenvalue weighted by Gasteiger charge is -2.16. The van der Waals surface area contributed by atoms with Gasteiger partial charge in [0.25, 0.3) is 0 Å². The molecule has 0 fully saturated rings. The van der Waals surface area contributed by atoms with Gasteiger partial charge in [-0.3, -0.25) is 4.99 Å². The minimum Gasteiger partial charge on any atom is -0.386 e. The van der Waals surface area contributed by atoms with Crippen molar-refractivity contribution in [1.82, 2.24) is 10.6 Å². The van der Waals surface area contributed by atoms with E-state index in [1.807, 2.05) is 6.92 Å². The van der Waals surface area contributed by atoms with Crippen molar-refractivity contribution in [3.05, 3.63) is 47.3 Å². The molecule has 0 saturated carbocycles. The highest BCUT2D eigenvalue weighted by atomic mass is 19.1. The van der Waals surface area contributed by atoms with Crippen LogP contribution in [0.3, 0.4) is 0 Å². The van der Waals surface area contributed by atoms with E-state index in [4.69, 9.17) is 0 Å². The summed E-state index contributed by atoms with van der Waals surface area (Å²) in [5, 5.41) is 16.6. The molecule has 1 aromatic carbocycles. The number of rotatable bonds is 7. The topological polar surface area (TPSA) is 56.7 Å². The summed E-state index contributed by atoms with van der Waals surface area (Å²) < 4.78 is 13.7. The Bertz CT molecular complexity index is 571. The fourth-order valence-corrected chi connectivity index (χ4v) is 2.84. The zero-order valence-electron chi connectivity index (χ0n) is 14.4. The number of hydrogen-bond acceptors (Lipinski definition) is 2. The van der Waals surface area contributed by atoms with Gasteiger partial charge in [0.2, 0.25) is 0 Å². The molecule has 0 spiro atoms. The first kappa shape index (κ1) is 18.5. The molecule has 1 aromatic rings. The van der Waals surface area contributed by atoms with E-state index in [-0.39, 0.29) is 12.1 Å². The number of halogens is 1. The SMILES string of the molecule is CCNC(=NCC(O)c1ccccc1F)NCCC1=CCCCC1. The molecule has 0 aliphatic heterocycles. The second-order valence-electron chi connectivity index (χ2n) is 6.04. The van der Waals surface area contributed by atoms with Gasteiger partial charge in [0.1, 0.15) is 11.9 Å². The van der Waals surface area contributed by atoms with Crippen molar-refractivity contribution < 1.29 is 9.50 Å². The van der Waals surface area contributed by atoms with Crippen molar-refractivity contribution >= 4 is 5.96 Å². The van der Waals surface area contributed by atoms with Crippen LogP contribution in [0.2, 0.25) is 0 Å². The van der Waals surface area contributed by atoms with Gasteiger partial charge in [0, 0.05) is 18.7 Å². The third-order valence-electron chi connectivity index (χ3n) is 4.15. The smallest absolute Gasteiger partial charge is 0.191 e. The van der Waals surface area contributed by atoms with E-state index < -0.39 is 11.9 Å². The summed E-state index contributed by atoms with van der Waals surface area (Å²) in [7, 11) is 0. The number of nitrogens with one attached hydrogen (secondary N) is 2. The molecule has 1 atom stereocenters. The molecule has 2 rings (SSSR count). The van der Waals surface area contributed by atoms with Gasteiger partial charge >= 0.3 is 0 Å². The minimum absolute atomic E-state index is 0.124. The van der Waals surface area contributed by atoms with Crippen molar-refractivity contribution in [2.24, 2.45) is 4.99 Å². The lowest BCUT2D eigenvalue weighted by molar-refractivity contribution is 0.182. The van der Waals surface area contributed by atoms with Gasteiger partial charge in [-0.15, -0.1) is 0 Å². The molecule has 0 heterocycles. The quantitative estimate of drug-likeness (QED) is 0.408. The van der Waals surface area contributed by atoms with E-state index in [9.17, 15) is 9.50 Å². The Morgan fingerprint density at radius 3 is 2.83 bits per heavy atom. The summed E-state index contributed by atoms with van der Waals surface area (Å²) in [6.45, 7) is 3.67. The van der Waals surface area contributed by atoms with Gasteiger partial charge in [-0.25, -0.2) is 4.39 Å². The lowest BCUT2D eigenvalue weighted by Crippen LogP contribution is -2.38. The molecule has 4 nitrogen and oxygen atoms in total. The molecule has 132 valence electrons. The van der Waals surface area contributed by atoms with E-state index in [0.717, 1.165) is 19.5 Å². The highest BCUT2D eigenvalue weighted by molar-refractivity contribution is 5.79. The van der Waals surface area contributed by atoms with Gasteiger partial charge in [0.15, 0.2) is 5.96 Å². The predicted octanol–water partition coefficient (Wildman–Crippen LogP) is 3.30. The Hall–Kier alpha value is -1.88. The summed E-state index contributed by atoms with van der Waals surface area (Å²) in [5.74, 6) is 0.256. The van der Waals surface area contributed by atoms with Crippen LogP contribution in [0.4, 0.5) is 4.39 Å². The molecule has 1 aliphatic carbocycles. The molecular formula is C19H28FN3O. The van der Waals surface area contributed by atoms with Crippen LogP contribution in [0.1, 0.15) is 50.7 Å². The monoisotopic (exact) mass is 333 g/mol. The van der Waals surface area contributed by atoms with E-state index in [2.05, 4.69) is 21.7 Å². The molecule has 1 unspecified atom stereocenters. The highest BCUT2D eigenvalue weighted by Crippen LogP contribution is 2.19. The number of aliphatic imine (C=N–C) groups is 1. The molecule has 5 heteroatoms. The zero-order chi connectivity index (χ0) is 17.2. The van der Waals surface area contributed by atoms with Crippen molar-refractivity contribution in [3.8, 4) is 0 Å². The van der Waals surface area contributed by atoms with Gasteiger partial charge in [-0.1, -0.05) is 29.8 Å². The predicted molar refractivity (Wildman–Crippen MR) is 96.5 cm³/mol. The number of nitrogens with zero attached hydrogens (tertiary/aromatic N) is 1. The molecule has 0 radical (unpaired) electrons. The molecule has 0 saturated heterocycles. The van der Waals surface area contributed by atoms with Gasteiger partial charge in [-0.05, 0) is 45.1 Å². The van der Waals surface area contributed by atoms with Gasteiger partial charge in [-0.2, -0.15) is 0 Å². The van der Waals surface area contributed by atoms with E-state index in [0.29, 0.717) is 5.96 Å². The second-order valence-corrected chi connectivity index (χ2v) is 6.04. The van der Waals surface area contributed by atoms with Crippen LogP contribution in [0.15, 0.2) is 40.9 Å². The van der Waals surface area contributed by atoms with Crippen molar-refractivity contribution in [3.63, 3.8) is 0 Å². The Morgan fingerprint density at radius 2 is 2.12 bits per heavy atom. The summed E-state index contributed by atoms with van der Waals surface area (Å²) in [6, 6.07) is 6.27. The summed E-state index contributed by atoms with van der Waals surface area (Å²) in [4.78, 5) is 4.37. The maximum absolute atomic E-state index is 13.7. The lowest BCUT2D eigenvalue weighted by atomic mass is 9.97. The standard InChI is InChI=1S/C19H28FN3O/c1-2-21-19(22-13-12-15-8-4-3-5-9-15)23-14-18(24)16-10-6-7-11-17(16)20/h6-8,10-11,18,24H,2-5,9,12-14H2,1H3,(H2,21,22,23). The third kappa shape index (κ3) is 5.96. The Kier molecular flexibility index (Phi) is 7.75. The summed E-state index contributed by atoms with van der Waals surface area (Å²) >= 11 is 0. The van der Waals surface area contributed by atoms with Crippen molar-refractivity contribution in [2.75, 3.05) is 19.6 Å². The van der Waals surface area contributed by atoms with Gasteiger partial charge in [0.05, 0.1) is 6.54 Å². The van der Waals surface area contributed by atoms with Crippen molar-refractivity contribution in [2.45, 2.75) is 45.1 Å². The first-order valence-electron chi connectivity index (χ1n) is 8.83. The average Bonchev–Trinajstić information content (AvgIpc) is 2.60. The Labute approximate surface area is 143 Å². The van der Waals surface area contributed by atoms with E-state index in [1.165, 1.54) is 37.3 Å². The Morgan fingerprint density at radius 1 is 1.29 bits per heavy atom. The average molecular weight is 333 g/mol. The van der Waals surface area contributed by atoms with Crippen LogP contribution in [0.25, 0.3) is 0 Å². The normalized spacial score (nSPS) is 16.5. The highest BCUT2D eigenvalue weighted by Gasteiger charge is 2.12. The molecule has 3 N–H and O–H groups in total. The number of aliphatic hydroxyl groups is 1. The first-order valence-corrected chi connectivity index (χ1v) is 8.83. The van der Waals surface area contributed by atoms with Crippen LogP contribution >= 0.6 is 0 Å². The number of hydrogen-bond donors (Lipinski definition) is 3. The van der Waals surface area contributed by atoms with Crippen LogP contribution in [-0.2, 0) is 0 Å². The van der Waals surface area contributed by atoms with Gasteiger partial charge < -0.3 is 15.7 Å². The van der Waals surface area contributed by atoms with E-state index >= 15 is 0 Å². The van der Waals surface area contributed by atoms with Crippen LogP contribution in [-0.4, -0.2) is 30.7 Å². The number of allylic oxidation sites excluding steroid dienone is 1. The third-order valence-corrected chi connectivity index (χ3v) is 4.15. The second kappa shape index (κ2) is 10.1. The fraction of sp³-hybridized carbons (Fsp3) is 0.526. The summed E-state index contributed by atoms with van der Waals surface area (Å²) in [6.07, 6.45) is 7.39. The maximum Gasteiger partial charge on any atom is 0.191 e. The van der Waals surface area contributed by atoms with E-state index in [1.54, 1.807) is 18.2 Å². The zero-order valence-corrected chi connectivity index (χ0v) is 14.4. The number of guanidine groups is 1. The fourth-order valence-electron chi connectivity index (χ4n) is 2.84. The van der Waals surface area contributed by atoms with Crippen LogP contribution in [0, 0.1) is 5.82 Å².